The summed E-state index contributed by atoms with van der Waals surface area (Å²) in [5.74, 6) is -0.486. The average molecular weight is 387 g/mol. The normalized spacial score (nSPS) is 14.0. The van der Waals surface area contributed by atoms with Crippen LogP contribution in [0.25, 0.3) is 10.9 Å². The SMILES string of the molecule is Cc1ccc(F)cc1C(=O)N1CCc2[nH]c3c(Br)cccc3c2C1. The maximum Gasteiger partial charge on any atom is 0.254 e. The summed E-state index contributed by atoms with van der Waals surface area (Å²) in [5.41, 5.74) is 4.64. The number of aromatic amines is 1. The molecule has 1 aliphatic rings. The molecular formula is C19H16BrFN2O. The predicted molar refractivity (Wildman–Crippen MR) is 95.6 cm³/mol. The molecule has 0 fully saturated rings. The number of nitrogens with one attached hydrogen (secondary N) is 1. The summed E-state index contributed by atoms with van der Waals surface area (Å²) < 4.78 is 14.6. The molecule has 4 rings (SSSR count). The monoisotopic (exact) mass is 386 g/mol. The van der Waals surface area contributed by atoms with Crippen molar-refractivity contribution in [1.82, 2.24) is 9.88 Å². The van der Waals surface area contributed by atoms with E-state index in [2.05, 4.69) is 27.0 Å². The van der Waals surface area contributed by atoms with Crippen molar-refractivity contribution >= 4 is 32.7 Å². The minimum absolute atomic E-state index is 0.109. The van der Waals surface area contributed by atoms with Gasteiger partial charge in [-0.15, -0.1) is 0 Å². The molecule has 0 saturated carbocycles. The first-order chi connectivity index (χ1) is 11.5. The third kappa shape index (κ3) is 2.44. The fourth-order valence-electron chi connectivity index (χ4n) is 3.37. The van der Waals surface area contributed by atoms with Gasteiger partial charge in [0, 0.05) is 46.2 Å². The molecule has 0 unspecified atom stereocenters. The van der Waals surface area contributed by atoms with Gasteiger partial charge in [0.15, 0.2) is 0 Å². The van der Waals surface area contributed by atoms with Crippen LogP contribution < -0.4 is 0 Å². The summed E-state index contributed by atoms with van der Waals surface area (Å²) in [7, 11) is 0. The highest BCUT2D eigenvalue weighted by atomic mass is 79.9. The smallest absolute Gasteiger partial charge is 0.254 e. The van der Waals surface area contributed by atoms with Crippen molar-refractivity contribution in [3.8, 4) is 0 Å². The lowest BCUT2D eigenvalue weighted by Gasteiger charge is -2.28. The third-order valence-electron chi connectivity index (χ3n) is 4.68. The molecule has 0 spiro atoms. The Hall–Kier alpha value is -2.14. The van der Waals surface area contributed by atoms with Gasteiger partial charge in [-0.25, -0.2) is 4.39 Å². The molecule has 5 heteroatoms. The molecule has 0 saturated heterocycles. The second-order valence-corrected chi connectivity index (χ2v) is 7.03. The van der Waals surface area contributed by atoms with Crippen LogP contribution in [-0.4, -0.2) is 22.3 Å². The van der Waals surface area contributed by atoms with Crippen molar-refractivity contribution in [2.45, 2.75) is 19.9 Å². The van der Waals surface area contributed by atoms with E-state index in [0.717, 1.165) is 32.9 Å². The third-order valence-corrected chi connectivity index (χ3v) is 5.34. The molecule has 0 radical (unpaired) electrons. The van der Waals surface area contributed by atoms with Gasteiger partial charge in [-0.3, -0.25) is 4.79 Å². The molecule has 1 aromatic heterocycles. The molecule has 3 nitrogen and oxygen atoms in total. The Kier molecular flexibility index (Phi) is 3.68. The molecule has 24 heavy (non-hydrogen) atoms. The van der Waals surface area contributed by atoms with Crippen LogP contribution in [0.4, 0.5) is 4.39 Å². The van der Waals surface area contributed by atoms with Gasteiger partial charge in [-0.1, -0.05) is 18.2 Å². The number of carbonyl (C=O) groups excluding carboxylic acids is 1. The van der Waals surface area contributed by atoms with Gasteiger partial charge < -0.3 is 9.88 Å². The fourth-order valence-corrected chi connectivity index (χ4v) is 3.84. The zero-order chi connectivity index (χ0) is 16.8. The van der Waals surface area contributed by atoms with Gasteiger partial charge in [0.25, 0.3) is 5.91 Å². The van der Waals surface area contributed by atoms with Crippen molar-refractivity contribution in [3.63, 3.8) is 0 Å². The number of nitrogens with zero attached hydrogens (tertiary/aromatic N) is 1. The number of halogens is 2. The number of benzene rings is 2. The zero-order valence-electron chi connectivity index (χ0n) is 13.2. The maximum absolute atomic E-state index is 13.5. The fraction of sp³-hybridized carbons (Fsp3) is 0.211. The average Bonchev–Trinajstić information content (AvgIpc) is 2.96. The van der Waals surface area contributed by atoms with E-state index in [4.69, 9.17) is 0 Å². The molecule has 1 N–H and O–H groups in total. The molecule has 1 amide bonds. The molecule has 1 aliphatic heterocycles. The number of fused-ring (bicyclic) bond motifs is 3. The highest BCUT2D eigenvalue weighted by Crippen LogP contribution is 2.32. The molecule has 0 bridgehead atoms. The Morgan fingerprint density at radius 1 is 1.29 bits per heavy atom. The summed E-state index contributed by atoms with van der Waals surface area (Å²) in [6, 6.07) is 10.4. The quantitative estimate of drug-likeness (QED) is 0.652. The Labute approximate surface area is 147 Å². The van der Waals surface area contributed by atoms with Crippen molar-refractivity contribution in [2.75, 3.05) is 6.54 Å². The first-order valence-electron chi connectivity index (χ1n) is 7.88. The summed E-state index contributed by atoms with van der Waals surface area (Å²) in [6.07, 6.45) is 0.774. The Morgan fingerprint density at radius 3 is 2.96 bits per heavy atom. The molecule has 3 aromatic rings. The van der Waals surface area contributed by atoms with Crippen LogP contribution in [0.15, 0.2) is 40.9 Å². The Bertz CT molecular complexity index is 963. The van der Waals surface area contributed by atoms with Gasteiger partial charge in [-0.2, -0.15) is 0 Å². The maximum atomic E-state index is 13.5. The van der Waals surface area contributed by atoms with Crippen LogP contribution in [0, 0.1) is 12.7 Å². The molecule has 2 heterocycles. The van der Waals surface area contributed by atoms with Crippen LogP contribution >= 0.6 is 15.9 Å². The number of H-pyrrole nitrogens is 1. The lowest BCUT2D eigenvalue weighted by Crippen LogP contribution is -2.36. The minimum Gasteiger partial charge on any atom is -0.357 e. The number of hydrogen-bond acceptors (Lipinski definition) is 1. The van der Waals surface area contributed by atoms with Crippen molar-refractivity contribution < 1.29 is 9.18 Å². The predicted octanol–water partition coefficient (Wildman–Crippen LogP) is 4.58. The van der Waals surface area contributed by atoms with E-state index in [-0.39, 0.29) is 11.7 Å². The van der Waals surface area contributed by atoms with E-state index >= 15 is 0 Å². The van der Waals surface area contributed by atoms with E-state index in [1.165, 1.54) is 17.8 Å². The number of hydrogen-bond donors (Lipinski definition) is 1. The van der Waals surface area contributed by atoms with Gasteiger partial charge in [-0.05, 0) is 46.6 Å². The second-order valence-electron chi connectivity index (χ2n) is 6.18. The second kappa shape index (κ2) is 5.74. The number of amides is 1. The summed E-state index contributed by atoms with van der Waals surface area (Å²) in [4.78, 5) is 18.1. The van der Waals surface area contributed by atoms with E-state index in [1.807, 2.05) is 19.1 Å². The number of aryl methyl sites for hydroxylation is 1. The highest BCUT2D eigenvalue weighted by Gasteiger charge is 2.26. The largest absolute Gasteiger partial charge is 0.357 e. The van der Waals surface area contributed by atoms with Crippen LogP contribution in [0.5, 0.6) is 0 Å². The van der Waals surface area contributed by atoms with Gasteiger partial charge >= 0.3 is 0 Å². The number of carbonyl (C=O) groups is 1. The first kappa shape index (κ1) is 15.4. The van der Waals surface area contributed by atoms with E-state index < -0.39 is 0 Å². The standard InChI is InChI=1S/C19H16BrFN2O/c1-11-5-6-12(21)9-14(11)19(24)23-8-7-17-15(10-23)13-3-2-4-16(20)18(13)22-17/h2-6,9,22H,7-8,10H2,1H3. The summed E-state index contributed by atoms with van der Waals surface area (Å²) >= 11 is 3.57. The van der Waals surface area contributed by atoms with E-state index in [1.54, 1.807) is 11.0 Å². The van der Waals surface area contributed by atoms with Crippen LogP contribution in [0.1, 0.15) is 27.2 Å². The van der Waals surface area contributed by atoms with Crippen molar-refractivity contribution in [2.24, 2.45) is 0 Å². The van der Waals surface area contributed by atoms with Gasteiger partial charge in [0.05, 0.1) is 5.52 Å². The topological polar surface area (TPSA) is 36.1 Å². The zero-order valence-corrected chi connectivity index (χ0v) is 14.8. The number of para-hydroxylation sites is 1. The van der Waals surface area contributed by atoms with Crippen molar-refractivity contribution in [3.05, 3.63) is 69.1 Å². The van der Waals surface area contributed by atoms with Gasteiger partial charge in [0.2, 0.25) is 0 Å². The Balaban J connectivity index is 1.71. The minimum atomic E-state index is -0.377. The van der Waals surface area contributed by atoms with Crippen LogP contribution in [-0.2, 0) is 13.0 Å². The first-order valence-corrected chi connectivity index (χ1v) is 8.67. The molecule has 2 aromatic carbocycles. The molecule has 0 atom stereocenters. The van der Waals surface area contributed by atoms with E-state index in [0.29, 0.717) is 18.7 Å². The summed E-state index contributed by atoms with van der Waals surface area (Å²) in [6.45, 7) is 3.01. The number of aromatic nitrogens is 1. The molecule has 122 valence electrons. The van der Waals surface area contributed by atoms with Crippen molar-refractivity contribution in [1.29, 1.82) is 0 Å². The summed E-state index contributed by atoms with van der Waals surface area (Å²) in [5, 5.41) is 1.13. The number of rotatable bonds is 1. The molecule has 0 aliphatic carbocycles. The Morgan fingerprint density at radius 2 is 2.12 bits per heavy atom. The van der Waals surface area contributed by atoms with Gasteiger partial charge in [0.1, 0.15) is 5.82 Å². The van der Waals surface area contributed by atoms with Crippen LogP contribution in [0.3, 0.4) is 0 Å². The molecular weight excluding hydrogens is 371 g/mol. The van der Waals surface area contributed by atoms with E-state index in [9.17, 15) is 9.18 Å². The highest BCUT2D eigenvalue weighted by molar-refractivity contribution is 9.10. The lowest BCUT2D eigenvalue weighted by atomic mass is 10.0. The van der Waals surface area contributed by atoms with Crippen LogP contribution in [0.2, 0.25) is 0 Å². The lowest BCUT2D eigenvalue weighted by molar-refractivity contribution is 0.0734.